The number of aryl methyl sites for hydroxylation is 1. The Balaban J connectivity index is 0.00000128. The standard InChI is InChI=1S/C12H14N2S.ClH/c1-2-5-12(6-3-1)15-10-4-8-14-9-7-13-11-14;/h1-3,5-7,9,11H,4,8,10H2;1H. The summed E-state index contributed by atoms with van der Waals surface area (Å²) >= 11 is 1.91. The van der Waals surface area contributed by atoms with E-state index in [-0.39, 0.29) is 12.4 Å². The van der Waals surface area contributed by atoms with E-state index < -0.39 is 0 Å². The Kier molecular flexibility index (Phi) is 6.04. The van der Waals surface area contributed by atoms with Gasteiger partial charge in [-0.3, -0.25) is 0 Å². The summed E-state index contributed by atoms with van der Waals surface area (Å²) in [6.07, 6.45) is 6.88. The zero-order valence-electron chi connectivity index (χ0n) is 8.95. The van der Waals surface area contributed by atoms with E-state index in [0.29, 0.717) is 0 Å². The first-order valence-electron chi connectivity index (χ1n) is 5.09. The Bertz CT molecular complexity index is 375. The summed E-state index contributed by atoms with van der Waals surface area (Å²) in [6.45, 7) is 1.06. The van der Waals surface area contributed by atoms with Crippen molar-refractivity contribution < 1.29 is 0 Å². The third-order valence-corrected chi connectivity index (χ3v) is 3.23. The zero-order chi connectivity index (χ0) is 10.3. The molecule has 2 aromatic rings. The minimum atomic E-state index is 0. The maximum Gasteiger partial charge on any atom is 0.0945 e. The molecule has 4 heteroatoms. The van der Waals surface area contributed by atoms with Gasteiger partial charge in [-0.05, 0) is 24.3 Å². The first kappa shape index (κ1) is 13.1. The summed E-state index contributed by atoms with van der Waals surface area (Å²) in [5.41, 5.74) is 0. The lowest BCUT2D eigenvalue weighted by Gasteiger charge is -2.02. The fraction of sp³-hybridized carbons (Fsp3) is 0.250. The summed E-state index contributed by atoms with van der Waals surface area (Å²) in [7, 11) is 0. The van der Waals surface area contributed by atoms with Crippen LogP contribution in [0.1, 0.15) is 6.42 Å². The van der Waals surface area contributed by atoms with Crippen LogP contribution in [0.4, 0.5) is 0 Å². The largest absolute Gasteiger partial charge is 0.337 e. The second-order valence-electron chi connectivity index (χ2n) is 3.32. The molecule has 0 aliphatic carbocycles. The van der Waals surface area contributed by atoms with Crippen LogP contribution in [0.3, 0.4) is 0 Å². The maximum atomic E-state index is 4.02. The van der Waals surface area contributed by atoms with Crippen molar-refractivity contribution in [2.45, 2.75) is 17.9 Å². The average Bonchev–Trinajstić information content (AvgIpc) is 2.79. The third kappa shape index (κ3) is 4.29. The number of aromatic nitrogens is 2. The summed E-state index contributed by atoms with van der Waals surface area (Å²) in [5, 5.41) is 0. The topological polar surface area (TPSA) is 17.8 Å². The van der Waals surface area contributed by atoms with Crippen LogP contribution in [-0.4, -0.2) is 15.3 Å². The van der Waals surface area contributed by atoms with E-state index >= 15 is 0 Å². The smallest absolute Gasteiger partial charge is 0.0945 e. The Morgan fingerprint density at radius 1 is 1.19 bits per heavy atom. The quantitative estimate of drug-likeness (QED) is 0.601. The van der Waals surface area contributed by atoms with E-state index in [9.17, 15) is 0 Å². The van der Waals surface area contributed by atoms with Gasteiger partial charge in [0.25, 0.3) is 0 Å². The summed E-state index contributed by atoms with van der Waals surface area (Å²) in [4.78, 5) is 5.37. The van der Waals surface area contributed by atoms with Gasteiger partial charge in [-0.25, -0.2) is 4.98 Å². The molecule has 1 aromatic carbocycles. The zero-order valence-corrected chi connectivity index (χ0v) is 10.6. The summed E-state index contributed by atoms with van der Waals surface area (Å²) < 4.78 is 2.12. The van der Waals surface area contributed by atoms with Crippen LogP contribution in [0.2, 0.25) is 0 Å². The van der Waals surface area contributed by atoms with Gasteiger partial charge in [0.2, 0.25) is 0 Å². The van der Waals surface area contributed by atoms with Crippen molar-refractivity contribution >= 4 is 24.2 Å². The van der Waals surface area contributed by atoms with E-state index in [1.54, 1.807) is 0 Å². The number of hydrogen-bond donors (Lipinski definition) is 0. The number of thioether (sulfide) groups is 1. The predicted molar refractivity (Wildman–Crippen MR) is 71.3 cm³/mol. The minimum Gasteiger partial charge on any atom is -0.337 e. The SMILES string of the molecule is Cl.c1ccc(SCCCn2ccnc2)cc1. The molecule has 0 radical (unpaired) electrons. The molecular formula is C12H15ClN2S. The minimum absolute atomic E-state index is 0. The monoisotopic (exact) mass is 254 g/mol. The lowest BCUT2D eigenvalue weighted by atomic mass is 10.4. The molecule has 0 fully saturated rings. The van der Waals surface area contributed by atoms with E-state index in [1.807, 2.05) is 30.5 Å². The molecule has 0 bridgehead atoms. The Morgan fingerprint density at radius 2 is 2.00 bits per heavy atom. The molecule has 0 saturated carbocycles. The summed E-state index contributed by atoms with van der Waals surface area (Å²) in [5.74, 6) is 1.15. The van der Waals surface area contributed by atoms with Crippen LogP contribution >= 0.6 is 24.2 Å². The lowest BCUT2D eigenvalue weighted by Crippen LogP contribution is -1.95. The number of halogens is 1. The number of benzene rings is 1. The fourth-order valence-corrected chi connectivity index (χ4v) is 2.23. The molecule has 0 N–H and O–H groups in total. The third-order valence-electron chi connectivity index (χ3n) is 2.13. The Morgan fingerprint density at radius 3 is 2.69 bits per heavy atom. The van der Waals surface area contributed by atoms with E-state index in [2.05, 4.69) is 39.9 Å². The van der Waals surface area contributed by atoms with Gasteiger partial charge in [-0.1, -0.05) is 18.2 Å². The predicted octanol–water partition coefficient (Wildman–Crippen LogP) is 3.49. The first-order chi connectivity index (χ1) is 7.45. The van der Waals surface area contributed by atoms with Crippen LogP contribution in [0.25, 0.3) is 0 Å². The van der Waals surface area contributed by atoms with Gasteiger partial charge in [0.15, 0.2) is 0 Å². The molecule has 86 valence electrons. The number of nitrogens with zero attached hydrogens (tertiary/aromatic N) is 2. The highest BCUT2D eigenvalue weighted by atomic mass is 35.5. The molecule has 0 amide bonds. The molecule has 1 aromatic heterocycles. The van der Waals surface area contributed by atoms with Crippen molar-refractivity contribution in [2.24, 2.45) is 0 Å². The van der Waals surface area contributed by atoms with Crippen LogP contribution in [0, 0.1) is 0 Å². The first-order valence-corrected chi connectivity index (χ1v) is 6.07. The lowest BCUT2D eigenvalue weighted by molar-refractivity contribution is 0.683. The van der Waals surface area contributed by atoms with E-state index in [0.717, 1.165) is 12.3 Å². The van der Waals surface area contributed by atoms with Crippen molar-refractivity contribution in [1.29, 1.82) is 0 Å². The van der Waals surface area contributed by atoms with Crippen LogP contribution < -0.4 is 0 Å². The van der Waals surface area contributed by atoms with Crippen LogP contribution in [0.15, 0.2) is 53.9 Å². The molecule has 16 heavy (non-hydrogen) atoms. The molecule has 0 aliphatic rings. The molecule has 0 saturated heterocycles. The average molecular weight is 255 g/mol. The highest BCUT2D eigenvalue weighted by Crippen LogP contribution is 2.17. The van der Waals surface area contributed by atoms with Crippen molar-refractivity contribution in [3.63, 3.8) is 0 Å². The van der Waals surface area contributed by atoms with Gasteiger partial charge in [0.1, 0.15) is 0 Å². The molecule has 1 heterocycles. The molecule has 0 aliphatic heterocycles. The fourth-order valence-electron chi connectivity index (χ4n) is 1.37. The molecule has 0 atom stereocenters. The normalized spacial score (nSPS) is 9.75. The van der Waals surface area contributed by atoms with Gasteiger partial charge in [-0.15, -0.1) is 24.2 Å². The van der Waals surface area contributed by atoms with Crippen molar-refractivity contribution in [2.75, 3.05) is 5.75 Å². The highest BCUT2D eigenvalue weighted by Gasteiger charge is 1.93. The number of hydrogen-bond acceptors (Lipinski definition) is 2. The van der Waals surface area contributed by atoms with Gasteiger partial charge >= 0.3 is 0 Å². The maximum absolute atomic E-state index is 4.02. The van der Waals surface area contributed by atoms with E-state index in [1.165, 1.54) is 11.3 Å². The molecule has 0 unspecified atom stereocenters. The highest BCUT2D eigenvalue weighted by molar-refractivity contribution is 7.99. The Hall–Kier alpha value is -0.930. The second-order valence-corrected chi connectivity index (χ2v) is 4.48. The van der Waals surface area contributed by atoms with Crippen molar-refractivity contribution in [3.8, 4) is 0 Å². The molecule has 2 rings (SSSR count). The van der Waals surface area contributed by atoms with Gasteiger partial charge in [0.05, 0.1) is 6.33 Å². The van der Waals surface area contributed by atoms with Crippen molar-refractivity contribution in [3.05, 3.63) is 49.1 Å². The number of rotatable bonds is 5. The molecular weight excluding hydrogens is 240 g/mol. The van der Waals surface area contributed by atoms with E-state index in [4.69, 9.17) is 0 Å². The van der Waals surface area contributed by atoms with Crippen LogP contribution in [0.5, 0.6) is 0 Å². The van der Waals surface area contributed by atoms with Gasteiger partial charge in [-0.2, -0.15) is 0 Å². The molecule has 0 spiro atoms. The Labute approximate surface area is 106 Å². The number of imidazole rings is 1. The second kappa shape index (κ2) is 7.36. The molecule has 2 nitrogen and oxygen atoms in total. The van der Waals surface area contributed by atoms with Gasteiger partial charge < -0.3 is 4.57 Å². The van der Waals surface area contributed by atoms with Crippen molar-refractivity contribution in [1.82, 2.24) is 9.55 Å². The van der Waals surface area contributed by atoms with Gasteiger partial charge in [0, 0.05) is 23.8 Å². The van der Waals surface area contributed by atoms with Crippen LogP contribution in [-0.2, 0) is 6.54 Å². The summed E-state index contributed by atoms with van der Waals surface area (Å²) in [6, 6.07) is 10.5.